The zero-order valence-electron chi connectivity index (χ0n) is 13.1. The highest BCUT2D eigenvalue weighted by Gasteiger charge is 2.27. The van der Waals surface area contributed by atoms with E-state index in [1.54, 1.807) is 7.11 Å². The summed E-state index contributed by atoms with van der Waals surface area (Å²) in [5, 5.41) is 0. The van der Waals surface area contributed by atoms with E-state index in [-0.39, 0.29) is 11.7 Å². The summed E-state index contributed by atoms with van der Waals surface area (Å²) in [6, 6.07) is 11.8. The molecule has 0 spiro atoms. The Balaban J connectivity index is 1.93. The predicted molar refractivity (Wildman–Crippen MR) is 87.3 cm³/mol. The molecule has 1 aliphatic rings. The third-order valence-electron chi connectivity index (χ3n) is 4.34. The molecule has 1 unspecified atom stereocenters. The molecule has 114 valence electrons. The highest BCUT2D eigenvalue weighted by Crippen LogP contribution is 2.30. The number of carbonyl (C=O) groups is 1. The highest BCUT2D eigenvalue weighted by atomic mass is 16.5. The predicted octanol–water partition coefficient (Wildman–Crippen LogP) is 4.30. The summed E-state index contributed by atoms with van der Waals surface area (Å²) < 4.78 is 5.27. The van der Waals surface area contributed by atoms with Gasteiger partial charge in [0, 0.05) is 17.0 Å². The van der Waals surface area contributed by atoms with Gasteiger partial charge in [-0.1, -0.05) is 25.5 Å². The number of pyridine rings is 1. The number of nitrogens with zero attached hydrogens (tertiary/aromatic N) is 1. The fourth-order valence-corrected chi connectivity index (χ4v) is 3.15. The standard InChI is InChI=1S/C19H21NO2/c1-3-5-13-8-10-18-16(19(13)21)9-11-17(20-18)14-6-4-7-15(12-14)22-2/h4,6-7,9,11-13H,3,5,8,10H2,1-2H3. The molecule has 0 amide bonds. The molecule has 1 atom stereocenters. The SMILES string of the molecule is CCCC1CCc2nc(-c3cccc(OC)c3)ccc2C1=O. The lowest BCUT2D eigenvalue weighted by molar-refractivity contribution is 0.0893. The summed E-state index contributed by atoms with van der Waals surface area (Å²) in [6.07, 6.45) is 3.86. The van der Waals surface area contributed by atoms with Crippen LogP contribution in [0, 0.1) is 5.92 Å². The van der Waals surface area contributed by atoms with Crippen LogP contribution in [0.1, 0.15) is 42.2 Å². The van der Waals surface area contributed by atoms with E-state index in [9.17, 15) is 4.79 Å². The van der Waals surface area contributed by atoms with Gasteiger partial charge in [-0.15, -0.1) is 0 Å². The van der Waals surface area contributed by atoms with E-state index < -0.39 is 0 Å². The van der Waals surface area contributed by atoms with Gasteiger partial charge in [0.25, 0.3) is 0 Å². The number of aromatic nitrogens is 1. The van der Waals surface area contributed by atoms with E-state index in [1.807, 2.05) is 36.4 Å². The Morgan fingerprint density at radius 3 is 2.91 bits per heavy atom. The second-order valence-corrected chi connectivity index (χ2v) is 5.81. The minimum absolute atomic E-state index is 0.182. The first-order valence-corrected chi connectivity index (χ1v) is 7.91. The van der Waals surface area contributed by atoms with E-state index >= 15 is 0 Å². The summed E-state index contributed by atoms with van der Waals surface area (Å²) in [5.41, 5.74) is 3.68. The Labute approximate surface area is 131 Å². The third-order valence-corrected chi connectivity index (χ3v) is 4.34. The molecule has 0 saturated heterocycles. The normalized spacial score (nSPS) is 17.2. The maximum atomic E-state index is 12.5. The number of hydrogen-bond acceptors (Lipinski definition) is 3. The summed E-state index contributed by atoms with van der Waals surface area (Å²) >= 11 is 0. The minimum atomic E-state index is 0.182. The van der Waals surface area contributed by atoms with Crippen LogP contribution in [0.4, 0.5) is 0 Å². The van der Waals surface area contributed by atoms with Gasteiger partial charge in [-0.05, 0) is 43.5 Å². The monoisotopic (exact) mass is 295 g/mol. The van der Waals surface area contributed by atoms with Crippen molar-refractivity contribution in [2.45, 2.75) is 32.6 Å². The van der Waals surface area contributed by atoms with Crippen LogP contribution in [-0.4, -0.2) is 17.9 Å². The molecular formula is C19H21NO2. The molecule has 1 aromatic carbocycles. The van der Waals surface area contributed by atoms with Crippen molar-refractivity contribution in [3.63, 3.8) is 0 Å². The van der Waals surface area contributed by atoms with Crippen LogP contribution in [-0.2, 0) is 6.42 Å². The first-order chi connectivity index (χ1) is 10.7. The van der Waals surface area contributed by atoms with Crippen molar-refractivity contribution in [1.29, 1.82) is 0 Å². The molecule has 22 heavy (non-hydrogen) atoms. The van der Waals surface area contributed by atoms with Crippen LogP contribution in [0.5, 0.6) is 5.75 Å². The zero-order chi connectivity index (χ0) is 15.5. The van der Waals surface area contributed by atoms with Crippen molar-refractivity contribution in [3.05, 3.63) is 47.7 Å². The van der Waals surface area contributed by atoms with Gasteiger partial charge < -0.3 is 4.74 Å². The van der Waals surface area contributed by atoms with E-state index in [0.29, 0.717) is 0 Å². The molecule has 0 radical (unpaired) electrons. The topological polar surface area (TPSA) is 39.2 Å². The van der Waals surface area contributed by atoms with E-state index in [0.717, 1.165) is 53.9 Å². The maximum Gasteiger partial charge on any atom is 0.167 e. The number of methoxy groups -OCH3 is 1. The van der Waals surface area contributed by atoms with Gasteiger partial charge in [0.05, 0.1) is 18.5 Å². The molecule has 3 rings (SSSR count). The van der Waals surface area contributed by atoms with Gasteiger partial charge >= 0.3 is 0 Å². The number of Topliss-reactive ketones (excluding diaryl/α,β-unsaturated/α-hetero) is 1. The molecule has 1 heterocycles. The first kappa shape index (κ1) is 14.8. The molecule has 0 N–H and O–H groups in total. The number of fused-ring (bicyclic) bond motifs is 1. The zero-order valence-corrected chi connectivity index (χ0v) is 13.1. The lowest BCUT2D eigenvalue weighted by Gasteiger charge is -2.22. The Morgan fingerprint density at radius 1 is 1.27 bits per heavy atom. The molecule has 0 bridgehead atoms. The second-order valence-electron chi connectivity index (χ2n) is 5.81. The molecule has 2 aromatic rings. The summed E-state index contributed by atoms with van der Waals surface area (Å²) in [6.45, 7) is 2.13. The van der Waals surface area contributed by atoms with Gasteiger partial charge in [-0.3, -0.25) is 9.78 Å². The number of rotatable bonds is 4. The van der Waals surface area contributed by atoms with E-state index in [4.69, 9.17) is 9.72 Å². The lowest BCUT2D eigenvalue weighted by atomic mass is 9.82. The first-order valence-electron chi connectivity index (χ1n) is 7.91. The minimum Gasteiger partial charge on any atom is -0.497 e. The van der Waals surface area contributed by atoms with Crippen LogP contribution in [0.2, 0.25) is 0 Å². The third kappa shape index (κ3) is 2.76. The van der Waals surface area contributed by atoms with Crippen LogP contribution in [0.15, 0.2) is 36.4 Å². The number of benzene rings is 1. The largest absolute Gasteiger partial charge is 0.497 e. The van der Waals surface area contributed by atoms with Crippen LogP contribution in [0.25, 0.3) is 11.3 Å². The summed E-state index contributed by atoms with van der Waals surface area (Å²) in [7, 11) is 1.66. The number of carbonyl (C=O) groups excluding carboxylic acids is 1. The fourth-order valence-electron chi connectivity index (χ4n) is 3.15. The van der Waals surface area contributed by atoms with Crippen molar-refractivity contribution >= 4 is 5.78 Å². The van der Waals surface area contributed by atoms with Crippen molar-refractivity contribution in [1.82, 2.24) is 4.98 Å². The van der Waals surface area contributed by atoms with E-state index in [2.05, 4.69) is 6.92 Å². The second kappa shape index (κ2) is 6.30. The smallest absolute Gasteiger partial charge is 0.167 e. The van der Waals surface area contributed by atoms with Crippen molar-refractivity contribution in [3.8, 4) is 17.0 Å². The van der Waals surface area contributed by atoms with Crippen molar-refractivity contribution in [2.24, 2.45) is 5.92 Å². The lowest BCUT2D eigenvalue weighted by Crippen LogP contribution is -2.23. The molecule has 1 aromatic heterocycles. The number of aryl methyl sites for hydroxylation is 1. The molecule has 0 saturated carbocycles. The fraction of sp³-hybridized carbons (Fsp3) is 0.368. The molecular weight excluding hydrogens is 274 g/mol. The molecule has 3 heteroatoms. The maximum absolute atomic E-state index is 12.5. The molecule has 1 aliphatic carbocycles. The average molecular weight is 295 g/mol. The molecule has 0 aliphatic heterocycles. The molecule has 3 nitrogen and oxygen atoms in total. The van der Waals surface area contributed by atoms with Gasteiger partial charge in [-0.25, -0.2) is 0 Å². The van der Waals surface area contributed by atoms with Crippen LogP contribution in [0.3, 0.4) is 0 Å². The Kier molecular flexibility index (Phi) is 4.23. The average Bonchev–Trinajstić information content (AvgIpc) is 2.57. The van der Waals surface area contributed by atoms with Crippen molar-refractivity contribution < 1.29 is 9.53 Å². The quantitative estimate of drug-likeness (QED) is 0.844. The molecule has 0 fully saturated rings. The van der Waals surface area contributed by atoms with Gasteiger partial charge in [0.15, 0.2) is 5.78 Å². The Bertz CT molecular complexity index is 694. The number of ether oxygens (including phenoxy) is 1. The number of hydrogen-bond donors (Lipinski definition) is 0. The Morgan fingerprint density at radius 2 is 2.14 bits per heavy atom. The Hall–Kier alpha value is -2.16. The van der Waals surface area contributed by atoms with Crippen LogP contribution >= 0.6 is 0 Å². The summed E-state index contributed by atoms with van der Waals surface area (Å²) in [5.74, 6) is 1.27. The van der Waals surface area contributed by atoms with Gasteiger partial charge in [-0.2, -0.15) is 0 Å². The summed E-state index contributed by atoms with van der Waals surface area (Å²) in [4.78, 5) is 17.2. The van der Waals surface area contributed by atoms with Crippen molar-refractivity contribution in [2.75, 3.05) is 7.11 Å². The van der Waals surface area contributed by atoms with Gasteiger partial charge in [0.2, 0.25) is 0 Å². The highest BCUT2D eigenvalue weighted by molar-refractivity contribution is 6.00. The van der Waals surface area contributed by atoms with Gasteiger partial charge in [0.1, 0.15) is 5.75 Å². The van der Waals surface area contributed by atoms with Crippen LogP contribution < -0.4 is 4.74 Å². The number of ketones is 1. The van der Waals surface area contributed by atoms with E-state index in [1.165, 1.54) is 0 Å².